The van der Waals surface area contributed by atoms with Crippen molar-refractivity contribution in [1.29, 1.82) is 10.5 Å². The summed E-state index contributed by atoms with van der Waals surface area (Å²) in [6, 6.07) is 14.1. The number of hydrogen-bond donors (Lipinski definition) is 1. The highest BCUT2D eigenvalue weighted by atomic mass is 16.5. The van der Waals surface area contributed by atoms with Gasteiger partial charge in [-0.05, 0) is 24.6 Å². The lowest BCUT2D eigenvalue weighted by molar-refractivity contribution is 0.123. The maximum Gasteiger partial charge on any atom is 0.102 e. The van der Waals surface area contributed by atoms with Crippen LogP contribution in [0.1, 0.15) is 16.7 Å². The molecule has 24 heavy (non-hydrogen) atoms. The smallest absolute Gasteiger partial charge is 0.102 e. The molecule has 0 saturated carbocycles. The quantitative estimate of drug-likeness (QED) is 0.860. The molecular formula is C19H18N4O. The van der Waals surface area contributed by atoms with Crippen molar-refractivity contribution < 1.29 is 4.74 Å². The van der Waals surface area contributed by atoms with E-state index >= 15 is 0 Å². The summed E-state index contributed by atoms with van der Waals surface area (Å²) in [4.78, 5) is 2.25. The third-order valence-electron chi connectivity index (χ3n) is 4.33. The highest BCUT2D eigenvalue weighted by Crippen LogP contribution is 2.37. The molecule has 3 rings (SSSR count). The number of para-hydroxylation sites is 1. The number of morpholine rings is 1. The fraction of sp³-hybridized carbons (Fsp3) is 0.263. The number of aryl methyl sites for hydroxylation is 1. The lowest BCUT2D eigenvalue weighted by Gasteiger charge is -2.31. The summed E-state index contributed by atoms with van der Waals surface area (Å²) in [6.45, 7) is 4.84. The van der Waals surface area contributed by atoms with E-state index < -0.39 is 0 Å². The largest absolute Gasteiger partial charge is 0.397 e. The number of hydrogen-bond acceptors (Lipinski definition) is 5. The number of nitrogen functional groups attached to an aromatic ring is 1. The molecule has 0 unspecified atom stereocenters. The summed E-state index contributed by atoms with van der Waals surface area (Å²) < 4.78 is 5.43. The Morgan fingerprint density at radius 2 is 1.71 bits per heavy atom. The van der Waals surface area contributed by atoms with Gasteiger partial charge in [-0.15, -0.1) is 0 Å². The zero-order chi connectivity index (χ0) is 17.1. The van der Waals surface area contributed by atoms with Crippen molar-refractivity contribution in [1.82, 2.24) is 0 Å². The van der Waals surface area contributed by atoms with Crippen LogP contribution in [0.15, 0.2) is 30.3 Å². The molecule has 1 saturated heterocycles. The number of benzene rings is 2. The van der Waals surface area contributed by atoms with Crippen LogP contribution in [0.5, 0.6) is 0 Å². The summed E-state index contributed by atoms with van der Waals surface area (Å²) in [5.74, 6) is 0. The normalized spacial score (nSPS) is 14.0. The lowest BCUT2D eigenvalue weighted by Crippen LogP contribution is -2.36. The van der Waals surface area contributed by atoms with E-state index in [4.69, 9.17) is 10.5 Å². The van der Waals surface area contributed by atoms with Gasteiger partial charge in [0.1, 0.15) is 12.1 Å². The van der Waals surface area contributed by atoms with Crippen molar-refractivity contribution in [2.45, 2.75) is 6.92 Å². The first-order valence-electron chi connectivity index (χ1n) is 7.82. The molecule has 1 aliphatic heterocycles. The lowest BCUT2D eigenvalue weighted by atomic mass is 9.92. The zero-order valence-corrected chi connectivity index (χ0v) is 13.5. The third-order valence-corrected chi connectivity index (χ3v) is 4.33. The van der Waals surface area contributed by atoms with Crippen molar-refractivity contribution in [2.24, 2.45) is 0 Å². The summed E-state index contributed by atoms with van der Waals surface area (Å²) in [5.41, 5.74) is 10.6. The fourth-order valence-corrected chi connectivity index (χ4v) is 3.11. The number of nitriles is 2. The van der Waals surface area contributed by atoms with Gasteiger partial charge in [0.15, 0.2) is 0 Å². The Bertz CT molecular complexity index is 855. The molecule has 0 atom stereocenters. The van der Waals surface area contributed by atoms with Gasteiger partial charge in [-0.2, -0.15) is 10.5 Å². The molecule has 5 nitrogen and oxygen atoms in total. The highest BCUT2D eigenvalue weighted by Gasteiger charge is 2.20. The van der Waals surface area contributed by atoms with Crippen LogP contribution in [0.3, 0.4) is 0 Å². The van der Waals surface area contributed by atoms with Gasteiger partial charge < -0.3 is 15.4 Å². The maximum absolute atomic E-state index is 9.60. The van der Waals surface area contributed by atoms with Gasteiger partial charge in [-0.3, -0.25) is 0 Å². The molecule has 2 N–H and O–H groups in total. The van der Waals surface area contributed by atoms with Crippen molar-refractivity contribution >= 4 is 11.4 Å². The monoisotopic (exact) mass is 318 g/mol. The molecule has 1 heterocycles. The van der Waals surface area contributed by atoms with Crippen LogP contribution in [0.2, 0.25) is 0 Å². The first-order chi connectivity index (χ1) is 11.7. The molecule has 2 aromatic rings. The van der Waals surface area contributed by atoms with Gasteiger partial charge in [0.2, 0.25) is 0 Å². The molecule has 0 radical (unpaired) electrons. The minimum Gasteiger partial charge on any atom is -0.397 e. The number of nitrogens with zero attached hydrogens (tertiary/aromatic N) is 3. The molecule has 0 aliphatic carbocycles. The zero-order valence-electron chi connectivity index (χ0n) is 13.5. The molecule has 5 heteroatoms. The molecule has 120 valence electrons. The van der Waals surface area contributed by atoms with E-state index in [9.17, 15) is 10.5 Å². The number of rotatable bonds is 2. The first-order valence-corrected chi connectivity index (χ1v) is 7.82. The molecule has 1 aliphatic rings. The second-order valence-electron chi connectivity index (χ2n) is 5.74. The molecule has 1 fully saturated rings. The molecule has 2 aromatic carbocycles. The first kappa shape index (κ1) is 15.9. The van der Waals surface area contributed by atoms with Crippen LogP contribution < -0.4 is 10.6 Å². The van der Waals surface area contributed by atoms with E-state index in [1.165, 1.54) is 0 Å². The van der Waals surface area contributed by atoms with Crippen molar-refractivity contribution in [2.75, 3.05) is 36.9 Å². The minimum atomic E-state index is 0.256. The molecule has 0 spiro atoms. The minimum absolute atomic E-state index is 0.256. The Kier molecular flexibility index (Phi) is 4.37. The predicted octanol–water partition coefficient (Wildman–Crippen LogP) is 2.82. The van der Waals surface area contributed by atoms with Crippen LogP contribution in [0, 0.1) is 29.6 Å². The van der Waals surface area contributed by atoms with Gasteiger partial charge in [0.25, 0.3) is 0 Å². The SMILES string of the molecule is Cc1cc(-c2ccccc2N2CCOCC2)c(C#N)c(N)c1C#N. The van der Waals surface area contributed by atoms with E-state index in [1.54, 1.807) is 0 Å². The Balaban J connectivity index is 2.21. The Morgan fingerprint density at radius 1 is 1.04 bits per heavy atom. The predicted molar refractivity (Wildman–Crippen MR) is 93.5 cm³/mol. The highest BCUT2D eigenvalue weighted by molar-refractivity contribution is 5.87. The van der Waals surface area contributed by atoms with E-state index in [1.807, 2.05) is 37.3 Å². The van der Waals surface area contributed by atoms with E-state index in [2.05, 4.69) is 17.0 Å². The summed E-state index contributed by atoms with van der Waals surface area (Å²) in [7, 11) is 0. The standard InChI is InChI=1S/C19H18N4O/c1-13-10-15(17(12-21)19(22)16(13)11-20)14-4-2-3-5-18(14)23-6-8-24-9-7-23/h2-5,10H,6-9,22H2,1H3. The number of anilines is 2. The van der Waals surface area contributed by atoms with Crippen molar-refractivity contribution in [3.63, 3.8) is 0 Å². The molecule has 0 aromatic heterocycles. The second-order valence-corrected chi connectivity index (χ2v) is 5.74. The molecule has 0 amide bonds. The van der Waals surface area contributed by atoms with Crippen LogP contribution in [0.25, 0.3) is 11.1 Å². The average molecular weight is 318 g/mol. The Morgan fingerprint density at radius 3 is 2.38 bits per heavy atom. The number of ether oxygens (including phenoxy) is 1. The Labute approximate surface area is 141 Å². The summed E-state index contributed by atoms with van der Waals surface area (Å²) in [6.07, 6.45) is 0. The third kappa shape index (κ3) is 2.67. The van der Waals surface area contributed by atoms with Gasteiger partial charge in [-0.25, -0.2) is 0 Å². The van der Waals surface area contributed by atoms with Crippen molar-refractivity contribution in [3.8, 4) is 23.3 Å². The van der Waals surface area contributed by atoms with E-state index in [0.717, 1.165) is 35.5 Å². The van der Waals surface area contributed by atoms with Gasteiger partial charge in [-0.1, -0.05) is 18.2 Å². The van der Waals surface area contributed by atoms with Gasteiger partial charge in [0, 0.05) is 29.9 Å². The summed E-state index contributed by atoms with van der Waals surface area (Å²) >= 11 is 0. The second kappa shape index (κ2) is 6.62. The van der Waals surface area contributed by atoms with Crippen molar-refractivity contribution in [3.05, 3.63) is 47.0 Å². The topological polar surface area (TPSA) is 86.1 Å². The van der Waals surface area contributed by atoms with E-state index in [0.29, 0.717) is 24.3 Å². The molecule has 0 bridgehead atoms. The Hall–Kier alpha value is -3.02. The van der Waals surface area contributed by atoms with Crippen LogP contribution >= 0.6 is 0 Å². The fourth-order valence-electron chi connectivity index (χ4n) is 3.11. The summed E-state index contributed by atoms with van der Waals surface area (Å²) in [5, 5.41) is 18.9. The average Bonchev–Trinajstić information content (AvgIpc) is 2.62. The maximum atomic E-state index is 9.60. The number of nitrogens with two attached hydrogens (primary N) is 1. The van der Waals surface area contributed by atoms with Crippen LogP contribution in [-0.2, 0) is 4.74 Å². The van der Waals surface area contributed by atoms with Crippen LogP contribution in [-0.4, -0.2) is 26.3 Å². The van der Waals surface area contributed by atoms with Gasteiger partial charge >= 0.3 is 0 Å². The van der Waals surface area contributed by atoms with Crippen LogP contribution in [0.4, 0.5) is 11.4 Å². The molecular weight excluding hydrogens is 300 g/mol. The van der Waals surface area contributed by atoms with E-state index in [-0.39, 0.29) is 5.69 Å². The van der Waals surface area contributed by atoms with Gasteiger partial charge in [0.05, 0.1) is 30.0 Å².